The van der Waals surface area contributed by atoms with Crippen molar-refractivity contribution in [2.75, 3.05) is 0 Å². The molecule has 24 heavy (non-hydrogen) atoms. The summed E-state index contributed by atoms with van der Waals surface area (Å²) in [6, 6.07) is 10.0. The topological polar surface area (TPSA) is 82.4 Å². The van der Waals surface area contributed by atoms with Gasteiger partial charge in [0, 0.05) is 0 Å². The van der Waals surface area contributed by atoms with Crippen LogP contribution in [0.1, 0.15) is 5.56 Å². The Kier molecular flexibility index (Phi) is 9.37. The Hall–Kier alpha value is -1.00. The first kappa shape index (κ1) is 25.2. The molecule has 0 aliphatic heterocycles. The van der Waals surface area contributed by atoms with Crippen molar-refractivity contribution in [2.45, 2.75) is 11.0 Å². The zero-order valence-corrected chi connectivity index (χ0v) is 13.5. The van der Waals surface area contributed by atoms with Gasteiger partial charge in [-0.3, -0.25) is 0 Å². The van der Waals surface area contributed by atoms with Crippen LogP contribution in [-0.2, 0) is 20.0 Å². The van der Waals surface area contributed by atoms with E-state index in [0.29, 0.717) is 0 Å². The molecule has 0 heterocycles. The summed E-state index contributed by atoms with van der Waals surface area (Å²) < 4.78 is 109. The summed E-state index contributed by atoms with van der Waals surface area (Å²) in [7, 11) is -13.4. The average Bonchev–Trinajstić information content (AvgIpc) is 2.36. The quantitative estimate of drug-likeness (QED) is 0.552. The second-order valence-corrected chi connectivity index (χ2v) is 6.95. The number of halogens is 6. The molecule has 0 saturated carbocycles. The molecule has 0 fully saturated rings. The van der Waals surface area contributed by atoms with E-state index in [1.165, 1.54) is 5.56 Å². The standard InChI is InChI=1S/C8H8.C2F6NO4S2.Li/c1-2-8-6-4-3-5-7-8;3-1(4,5)14(10,11)9-15(12,13)2(6,7)8;/h2-7H,1H2;;/q;-1;+1. The number of benzene rings is 1. The number of hydrogen-bond donors (Lipinski definition) is 0. The number of rotatable bonds is 3. The van der Waals surface area contributed by atoms with E-state index in [4.69, 9.17) is 0 Å². The van der Waals surface area contributed by atoms with E-state index >= 15 is 0 Å². The maximum absolute atomic E-state index is 11.4. The van der Waals surface area contributed by atoms with Gasteiger partial charge in [-0.05, 0) is 5.56 Å². The predicted octanol–water partition coefficient (Wildman–Crippen LogP) is 0.393. The predicted molar refractivity (Wildman–Crippen MR) is 69.8 cm³/mol. The van der Waals surface area contributed by atoms with E-state index in [0.717, 1.165) is 4.13 Å². The van der Waals surface area contributed by atoms with Crippen LogP contribution in [0.3, 0.4) is 0 Å². The summed E-state index contributed by atoms with van der Waals surface area (Å²) in [6.07, 6.45) is 1.83. The molecule has 0 unspecified atom stereocenters. The molecular formula is C10H8F6LiNO4S2. The van der Waals surface area contributed by atoms with Crippen LogP contribution >= 0.6 is 0 Å². The number of alkyl halides is 6. The zero-order valence-electron chi connectivity index (χ0n) is 11.8. The fourth-order valence-electron chi connectivity index (χ4n) is 0.803. The maximum Gasteiger partial charge on any atom is 1.00 e. The fourth-order valence-corrected chi connectivity index (χ4v) is 2.51. The summed E-state index contributed by atoms with van der Waals surface area (Å²) in [5, 5.41) is 0. The van der Waals surface area contributed by atoms with Crippen LogP contribution in [0.5, 0.6) is 0 Å². The molecule has 1 rings (SSSR count). The van der Waals surface area contributed by atoms with E-state index in [-0.39, 0.29) is 18.9 Å². The molecule has 1 aromatic rings. The molecule has 0 bridgehead atoms. The van der Waals surface area contributed by atoms with E-state index in [9.17, 15) is 43.2 Å². The average molecular weight is 391 g/mol. The summed E-state index contributed by atoms with van der Waals surface area (Å²) >= 11 is 0. The van der Waals surface area contributed by atoms with Gasteiger partial charge in [-0.2, -0.15) is 26.3 Å². The molecule has 0 aliphatic carbocycles. The van der Waals surface area contributed by atoms with Crippen molar-refractivity contribution in [1.82, 2.24) is 0 Å². The Bertz CT molecular complexity index is 687. The molecule has 14 heteroatoms. The first-order valence-corrected chi connectivity index (χ1v) is 8.06. The zero-order chi connectivity index (χ0) is 18.5. The van der Waals surface area contributed by atoms with Crippen LogP contribution in [0, 0.1) is 0 Å². The Morgan fingerprint density at radius 3 is 1.38 bits per heavy atom. The van der Waals surface area contributed by atoms with Crippen molar-refractivity contribution in [3.8, 4) is 0 Å². The van der Waals surface area contributed by atoms with E-state index in [2.05, 4.69) is 6.58 Å². The van der Waals surface area contributed by atoms with E-state index in [1.807, 2.05) is 36.4 Å². The van der Waals surface area contributed by atoms with Crippen LogP contribution < -0.4 is 18.9 Å². The molecule has 5 nitrogen and oxygen atoms in total. The summed E-state index contributed by atoms with van der Waals surface area (Å²) in [5.74, 6) is 0. The van der Waals surface area contributed by atoms with Gasteiger partial charge in [-0.25, -0.2) is 16.8 Å². The van der Waals surface area contributed by atoms with Gasteiger partial charge < -0.3 is 4.13 Å². The summed E-state index contributed by atoms with van der Waals surface area (Å²) in [6.45, 7) is 3.63. The van der Waals surface area contributed by atoms with Gasteiger partial charge >= 0.3 is 29.9 Å². The molecule has 0 atom stereocenters. The second kappa shape index (κ2) is 8.91. The third-order valence-electron chi connectivity index (χ3n) is 1.82. The molecule has 0 spiro atoms. The van der Waals surface area contributed by atoms with Crippen molar-refractivity contribution in [2.24, 2.45) is 0 Å². The molecule has 0 amide bonds. The maximum atomic E-state index is 11.4. The minimum absolute atomic E-state index is 0. The molecule has 0 radical (unpaired) electrons. The van der Waals surface area contributed by atoms with E-state index in [1.54, 1.807) is 0 Å². The number of sulfonamides is 2. The van der Waals surface area contributed by atoms with Gasteiger partial charge in [0.1, 0.15) is 0 Å². The Morgan fingerprint density at radius 2 is 1.17 bits per heavy atom. The molecule has 0 N–H and O–H groups in total. The van der Waals surface area contributed by atoms with Crippen LogP contribution in [0.15, 0.2) is 36.9 Å². The minimum atomic E-state index is -6.72. The van der Waals surface area contributed by atoms with Crippen molar-refractivity contribution < 1.29 is 62.0 Å². The second-order valence-electron chi connectivity index (χ2n) is 3.53. The third kappa shape index (κ3) is 7.71. The largest absolute Gasteiger partial charge is 1.00 e. The van der Waals surface area contributed by atoms with Crippen molar-refractivity contribution in [3.05, 3.63) is 46.6 Å². The van der Waals surface area contributed by atoms with Crippen molar-refractivity contribution in [1.29, 1.82) is 0 Å². The monoisotopic (exact) mass is 391 g/mol. The minimum Gasteiger partial charge on any atom is -0.421 e. The SMILES string of the molecule is C=Cc1ccccc1.O=S(=O)([N-]S(=O)(=O)C(F)(F)F)C(F)(F)F.[Li+]. The van der Waals surface area contributed by atoms with Crippen LogP contribution in [0.25, 0.3) is 10.2 Å². The molecule has 1 aromatic carbocycles. The van der Waals surface area contributed by atoms with Gasteiger partial charge in [0.25, 0.3) is 0 Å². The molecule has 0 saturated heterocycles. The van der Waals surface area contributed by atoms with Gasteiger partial charge in [0.05, 0.1) is 0 Å². The Balaban J connectivity index is 0. The van der Waals surface area contributed by atoms with Crippen LogP contribution in [-0.4, -0.2) is 27.9 Å². The third-order valence-corrected chi connectivity index (χ3v) is 4.56. The smallest absolute Gasteiger partial charge is 0.421 e. The Labute approximate surface area is 146 Å². The number of hydrogen-bond acceptors (Lipinski definition) is 4. The first-order chi connectivity index (χ1) is 10.1. The van der Waals surface area contributed by atoms with Crippen molar-refractivity contribution >= 4 is 26.1 Å². The van der Waals surface area contributed by atoms with Crippen molar-refractivity contribution in [3.63, 3.8) is 0 Å². The molecule has 132 valence electrons. The van der Waals surface area contributed by atoms with Gasteiger partial charge in [-0.15, -0.1) is 0 Å². The van der Waals surface area contributed by atoms with Gasteiger partial charge in [0.15, 0.2) is 20.0 Å². The Morgan fingerprint density at radius 1 is 0.833 bits per heavy atom. The molecule has 0 aromatic heterocycles. The summed E-state index contributed by atoms with van der Waals surface area (Å²) in [4.78, 5) is 0. The summed E-state index contributed by atoms with van der Waals surface area (Å²) in [5.41, 5.74) is -11.2. The molecular weight excluding hydrogens is 383 g/mol. The van der Waals surface area contributed by atoms with Crippen LogP contribution in [0.4, 0.5) is 26.3 Å². The van der Waals surface area contributed by atoms with Crippen LogP contribution in [0.2, 0.25) is 0 Å². The van der Waals surface area contributed by atoms with Gasteiger partial charge in [0.2, 0.25) is 0 Å². The van der Waals surface area contributed by atoms with Gasteiger partial charge in [-0.1, -0.05) is 43.0 Å². The normalized spacial score (nSPS) is 12.4. The van der Waals surface area contributed by atoms with E-state index < -0.39 is 31.1 Å². The molecule has 0 aliphatic rings. The first-order valence-electron chi connectivity index (χ1n) is 5.18. The fraction of sp³-hybridized carbons (Fsp3) is 0.200. The number of nitrogens with zero attached hydrogens (tertiary/aromatic N) is 1.